The van der Waals surface area contributed by atoms with Gasteiger partial charge in [-0.15, -0.1) is 0 Å². The second kappa shape index (κ2) is 18.0. The summed E-state index contributed by atoms with van der Waals surface area (Å²) in [6.07, 6.45) is 4.50. The van der Waals surface area contributed by atoms with Crippen molar-refractivity contribution in [3.8, 4) is 0 Å². The maximum absolute atomic E-state index is 11.4. The third kappa shape index (κ3) is 17.9. The summed E-state index contributed by atoms with van der Waals surface area (Å²) in [6, 6.07) is -1.28. The van der Waals surface area contributed by atoms with Crippen LogP contribution in [0.15, 0.2) is 4.99 Å². The maximum Gasteiger partial charge on any atom is 1.00 e. The molecule has 6 nitrogen and oxygen atoms in total. The number of hydrogen-bond donors (Lipinski definition) is 1. The molecule has 0 radical (unpaired) electrons. The van der Waals surface area contributed by atoms with Gasteiger partial charge in [-0.1, -0.05) is 32.6 Å². The van der Waals surface area contributed by atoms with Crippen LogP contribution in [0.25, 0.3) is 0 Å². The van der Waals surface area contributed by atoms with E-state index in [0.717, 1.165) is 25.7 Å². The van der Waals surface area contributed by atoms with Crippen LogP contribution in [0.5, 0.6) is 0 Å². The summed E-state index contributed by atoms with van der Waals surface area (Å²) in [5.41, 5.74) is 0. The molecular formula is C13H21K2NO5. The van der Waals surface area contributed by atoms with E-state index >= 15 is 0 Å². The van der Waals surface area contributed by atoms with E-state index in [4.69, 9.17) is 5.11 Å². The van der Waals surface area contributed by atoms with Crippen molar-refractivity contribution in [1.29, 1.82) is 0 Å². The first-order valence-corrected chi connectivity index (χ1v) is 6.63. The monoisotopic (exact) mass is 349 g/mol. The van der Waals surface area contributed by atoms with Crippen LogP contribution in [0.3, 0.4) is 0 Å². The standard InChI is InChI=1S/C13H23NO5.2K/c1-2-3-4-5-6-7-11(15)14-10(13(18)19)8-9-12(16)17;;/h10H,2-9H2,1H3,(H,14,15)(H,16,17)(H,18,19);;/q;2*+1/p-2/t10-;;/m0../s1. The zero-order valence-corrected chi connectivity index (χ0v) is 19.5. The number of aliphatic carboxylic acids is 2. The third-order valence-corrected chi connectivity index (χ3v) is 2.70. The molecular weight excluding hydrogens is 328 g/mol. The van der Waals surface area contributed by atoms with E-state index in [2.05, 4.69) is 11.9 Å². The molecule has 0 aliphatic heterocycles. The molecule has 0 saturated carbocycles. The topological polar surface area (TPSA) is 113 Å². The Kier molecular flexibility index (Phi) is 23.6. The Labute approximate surface area is 211 Å². The van der Waals surface area contributed by atoms with Crippen LogP contribution in [0.1, 0.15) is 58.3 Å². The Morgan fingerprint density at radius 3 is 2.10 bits per heavy atom. The Morgan fingerprint density at radius 1 is 1.05 bits per heavy atom. The Bertz CT molecular complexity index is 324. The molecule has 0 fully saturated rings. The van der Waals surface area contributed by atoms with Gasteiger partial charge in [0.1, 0.15) is 6.04 Å². The van der Waals surface area contributed by atoms with Gasteiger partial charge in [0.2, 0.25) is 0 Å². The van der Waals surface area contributed by atoms with Gasteiger partial charge < -0.3 is 20.1 Å². The first-order chi connectivity index (χ1) is 8.97. The molecule has 0 aromatic rings. The molecule has 8 heteroatoms. The average Bonchev–Trinajstić information content (AvgIpc) is 2.33. The quantitative estimate of drug-likeness (QED) is 0.173. The number of carboxylic acid groups (broad SMARTS) is 2. The van der Waals surface area contributed by atoms with Gasteiger partial charge >= 0.3 is 109 Å². The molecule has 0 amide bonds. The molecule has 1 N–H and O–H groups in total. The molecule has 110 valence electrons. The van der Waals surface area contributed by atoms with Gasteiger partial charge in [0.25, 0.3) is 0 Å². The van der Waals surface area contributed by atoms with Crippen LogP contribution in [-0.2, 0) is 9.59 Å². The van der Waals surface area contributed by atoms with Crippen molar-refractivity contribution >= 4 is 17.8 Å². The van der Waals surface area contributed by atoms with Gasteiger partial charge in [0.15, 0.2) is 0 Å². The normalized spacial score (nSPS) is 12.0. The number of rotatable bonds is 11. The zero-order chi connectivity index (χ0) is 14.7. The van der Waals surface area contributed by atoms with Crippen LogP contribution in [0.2, 0.25) is 0 Å². The number of nitrogens with zero attached hydrogens (tertiary/aromatic N) is 1. The minimum Gasteiger partial charge on any atom is -0.862 e. The Hall–Kier alpha value is 1.68. The summed E-state index contributed by atoms with van der Waals surface area (Å²) < 4.78 is 0. The first-order valence-electron chi connectivity index (χ1n) is 6.63. The van der Waals surface area contributed by atoms with Crippen molar-refractivity contribution in [2.24, 2.45) is 4.99 Å². The minimum absolute atomic E-state index is 0. The van der Waals surface area contributed by atoms with Gasteiger partial charge in [-0.2, -0.15) is 0 Å². The fourth-order valence-electron chi connectivity index (χ4n) is 1.62. The predicted molar refractivity (Wildman–Crippen MR) is 66.5 cm³/mol. The molecule has 0 heterocycles. The van der Waals surface area contributed by atoms with E-state index in [1.165, 1.54) is 0 Å². The van der Waals surface area contributed by atoms with Gasteiger partial charge in [0, 0.05) is 5.97 Å². The van der Waals surface area contributed by atoms with Crippen LogP contribution in [-0.4, -0.2) is 29.0 Å². The molecule has 21 heavy (non-hydrogen) atoms. The molecule has 0 rings (SSSR count). The number of carbonyl (C=O) groups excluding carboxylic acids is 1. The third-order valence-electron chi connectivity index (χ3n) is 2.70. The van der Waals surface area contributed by atoms with Gasteiger partial charge in [0.05, 0.1) is 0 Å². The Balaban J connectivity index is -0.00000162. The SMILES string of the molecule is CCCCCCCC([O-])=N[C@@H](CCC(=O)[O-])C(=O)O.[K+].[K+]. The van der Waals surface area contributed by atoms with E-state index in [-0.39, 0.29) is 116 Å². The number of hydrogen-bond acceptors (Lipinski definition) is 5. The second-order valence-corrected chi connectivity index (χ2v) is 4.45. The van der Waals surface area contributed by atoms with Crippen molar-refractivity contribution in [3.63, 3.8) is 0 Å². The van der Waals surface area contributed by atoms with E-state index in [0.29, 0.717) is 6.42 Å². The van der Waals surface area contributed by atoms with Crippen LogP contribution < -0.4 is 113 Å². The van der Waals surface area contributed by atoms with Crippen molar-refractivity contribution < 1.29 is 128 Å². The number of aliphatic imine (C=N–C) groups is 1. The van der Waals surface area contributed by atoms with E-state index < -0.39 is 30.3 Å². The average molecular weight is 350 g/mol. The molecule has 1 atom stereocenters. The number of carbonyl (C=O) groups is 2. The predicted octanol–water partition coefficient (Wildman–Crippen LogP) is -5.90. The van der Waals surface area contributed by atoms with Crippen LogP contribution in [0, 0.1) is 0 Å². The van der Waals surface area contributed by atoms with E-state index in [9.17, 15) is 19.8 Å². The summed E-state index contributed by atoms with van der Waals surface area (Å²) >= 11 is 0. The molecule has 0 saturated heterocycles. The van der Waals surface area contributed by atoms with Gasteiger partial charge in [-0.3, -0.25) is 4.99 Å². The Morgan fingerprint density at radius 2 is 1.62 bits per heavy atom. The first kappa shape index (κ1) is 27.5. The van der Waals surface area contributed by atoms with Crippen LogP contribution in [0.4, 0.5) is 0 Å². The molecule has 0 aromatic heterocycles. The van der Waals surface area contributed by atoms with Crippen molar-refractivity contribution in [3.05, 3.63) is 0 Å². The summed E-state index contributed by atoms with van der Waals surface area (Å²) in [5.74, 6) is -3.09. The maximum atomic E-state index is 11.4. The number of carboxylic acids is 2. The molecule has 0 aliphatic rings. The van der Waals surface area contributed by atoms with E-state index in [1.807, 2.05) is 0 Å². The molecule has 0 bridgehead atoms. The van der Waals surface area contributed by atoms with Crippen molar-refractivity contribution in [1.82, 2.24) is 0 Å². The summed E-state index contributed by atoms with van der Waals surface area (Å²) in [5, 5.41) is 30.5. The molecule has 0 spiro atoms. The summed E-state index contributed by atoms with van der Waals surface area (Å²) in [7, 11) is 0. The largest absolute Gasteiger partial charge is 1.00 e. The molecule has 0 aliphatic carbocycles. The fourth-order valence-corrected chi connectivity index (χ4v) is 1.62. The van der Waals surface area contributed by atoms with Gasteiger partial charge in [-0.05, 0) is 31.6 Å². The number of unbranched alkanes of at least 4 members (excludes halogenated alkanes) is 4. The fraction of sp³-hybridized carbons (Fsp3) is 0.769. The zero-order valence-electron chi connectivity index (χ0n) is 13.3. The molecule has 0 aromatic carbocycles. The minimum atomic E-state index is -1.34. The van der Waals surface area contributed by atoms with Crippen molar-refractivity contribution in [2.45, 2.75) is 64.3 Å². The summed E-state index contributed by atoms with van der Waals surface area (Å²) in [6.45, 7) is 2.09. The second-order valence-electron chi connectivity index (χ2n) is 4.45. The van der Waals surface area contributed by atoms with Crippen LogP contribution >= 0.6 is 0 Å². The smallest absolute Gasteiger partial charge is 0.862 e. The van der Waals surface area contributed by atoms with Gasteiger partial charge in [-0.25, -0.2) is 4.79 Å². The van der Waals surface area contributed by atoms with E-state index in [1.54, 1.807) is 0 Å². The summed E-state index contributed by atoms with van der Waals surface area (Å²) in [4.78, 5) is 24.6. The van der Waals surface area contributed by atoms with Crippen molar-refractivity contribution in [2.75, 3.05) is 0 Å². The molecule has 0 unspecified atom stereocenters.